The maximum Gasteiger partial charge on any atom is 0.270 e. The van der Waals surface area contributed by atoms with Crippen LogP contribution in [0.15, 0.2) is 0 Å². The SMILES string of the molecule is Cn1nnc(NC(=O)CSC2CCNCC2)n1. The molecule has 0 unspecified atom stereocenters. The Labute approximate surface area is 104 Å². The number of amides is 1. The second kappa shape index (κ2) is 5.97. The van der Waals surface area contributed by atoms with Crippen LogP contribution in [-0.2, 0) is 11.8 Å². The van der Waals surface area contributed by atoms with Crippen molar-refractivity contribution in [2.45, 2.75) is 18.1 Å². The molecule has 1 amide bonds. The molecule has 8 heteroatoms. The number of aryl methyl sites for hydroxylation is 1. The van der Waals surface area contributed by atoms with Gasteiger partial charge in [-0.25, -0.2) is 0 Å². The van der Waals surface area contributed by atoms with Crippen LogP contribution in [-0.4, -0.2) is 50.2 Å². The molecular weight excluding hydrogens is 240 g/mol. The lowest BCUT2D eigenvalue weighted by Crippen LogP contribution is -2.30. The van der Waals surface area contributed by atoms with Crippen LogP contribution >= 0.6 is 11.8 Å². The highest BCUT2D eigenvalue weighted by atomic mass is 32.2. The molecule has 1 aliphatic heterocycles. The number of anilines is 1. The van der Waals surface area contributed by atoms with Crippen molar-refractivity contribution in [2.24, 2.45) is 7.05 Å². The van der Waals surface area contributed by atoms with Gasteiger partial charge in [-0.05, 0) is 31.1 Å². The standard InChI is InChI=1S/C9H16N6OS/c1-15-13-9(12-14-15)11-8(16)6-17-7-2-4-10-5-3-7/h7,10H,2-6H2,1H3,(H,11,13,16). The maximum absolute atomic E-state index is 11.6. The molecule has 0 radical (unpaired) electrons. The average Bonchev–Trinajstić information content (AvgIpc) is 2.73. The Morgan fingerprint density at radius 3 is 3.00 bits per heavy atom. The molecule has 1 aromatic rings. The summed E-state index contributed by atoms with van der Waals surface area (Å²) in [7, 11) is 1.66. The van der Waals surface area contributed by atoms with Crippen molar-refractivity contribution >= 4 is 23.6 Å². The smallest absolute Gasteiger partial charge is 0.270 e. The number of rotatable bonds is 4. The van der Waals surface area contributed by atoms with Crippen LogP contribution in [0.4, 0.5) is 5.95 Å². The van der Waals surface area contributed by atoms with E-state index < -0.39 is 0 Å². The fourth-order valence-corrected chi connectivity index (χ4v) is 2.68. The Hall–Kier alpha value is -1.15. The first-order chi connectivity index (χ1) is 8.24. The normalized spacial score (nSPS) is 17.0. The Morgan fingerprint density at radius 2 is 2.35 bits per heavy atom. The number of thioether (sulfide) groups is 1. The summed E-state index contributed by atoms with van der Waals surface area (Å²) in [6.45, 7) is 2.09. The van der Waals surface area contributed by atoms with Gasteiger partial charge in [0.15, 0.2) is 0 Å². The number of nitrogens with zero attached hydrogens (tertiary/aromatic N) is 4. The van der Waals surface area contributed by atoms with Gasteiger partial charge in [-0.15, -0.1) is 16.9 Å². The zero-order valence-electron chi connectivity index (χ0n) is 9.72. The fourth-order valence-electron chi connectivity index (χ4n) is 1.65. The minimum absolute atomic E-state index is 0.0680. The minimum Gasteiger partial charge on any atom is -0.317 e. The van der Waals surface area contributed by atoms with Crippen LogP contribution < -0.4 is 10.6 Å². The second-order valence-corrected chi connectivity index (χ2v) is 5.20. The van der Waals surface area contributed by atoms with Crippen molar-refractivity contribution in [2.75, 3.05) is 24.2 Å². The second-order valence-electron chi connectivity index (χ2n) is 3.91. The molecule has 0 saturated carbocycles. The third-order valence-corrected chi connectivity index (χ3v) is 3.87. The van der Waals surface area contributed by atoms with Gasteiger partial charge in [0.1, 0.15) is 0 Å². The lowest BCUT2D eigenvalue weighted by molar-refractivity contribution is -0.113. The first-order valence-corrected chi connectivity index (χ1v) is 6.65. The van der Waals surface area contributed by atoms with Crippen molar-refractivity contribution in [1.82, 2.24) is 25.5 Å². The Morgan fingerprint density at radius 1 is 1.59 bits per heavy atom. The number of carbonyl (C=O) groups excluding carboxylic acids is 1. The first kappa shape index (κ1) is 12.3. The summed E-state index contributed by atoms with van der Waals surface area (Å²) in [6, 6.07) is 0. The lowest BCUT2D eigenvalue weighted by Gasteiger charge is -2.21. The first-order valence-electron chi connectivity index (χ1n) is 5.60. The van der Waals surface area contributed by atoms with E-state index in [0.29, 0.717) is 11.0 Å². The third kappa shape index (κ3) is 3.97. The molecule has 0 bridgehead atoms. The zero-order valence-corrected chi connectivity index (χ0v) is 10.5. The van der Waals surface area contributed by atoms with E-state index in [1.807, 2.05) is 0 Å². The molecule has 0 spiro atoms. The monoisotopic (exact) mass is 256 g/mol. The summed E-state index contributed by atoms with van der Waals surface area (Å²) in [4.78, 5) is 12.9. The average molecular weight is 256 g/mol. The maximum atomic E-state index is 11.6. The molecule has 1 aromatic heterocycles. The third-order valence-electron chi connectivity index (χ3n) is 2.50. The van der Waals surface area contributed by atoms with Crippen LogP contribution in [0.2, 0.25) is 0 Å². The van der Waals surface area contributed by atoms with Crippen molar-refractivity contribution in [1.29, 1.82) is 0 Å². The molecule has 2 heterocycles. The van der Waals surface area contributed by atoms with Gasteiger partial charge < -0.3 is 5.32 Å². The van der Waals surface area contributed by atoms with Gasteiger partial charge in [-0.2, -0.15) is 4.80 Å². The number of carbonyl (C=O) groups is 1. The molecule has 1 fully saturated rings. The van der Waals surface area contributed by atoms with E-state index in [1.54, 1.807) is 18.8 Å². The Kier molecular flexibility index (Phi) is 4.32. The summed E-state index contributed by atoms with van der Waals surface area (Å²) in [5.41, 5.74) is 0. The van der Waals surface area contributed by atoms with E-state index >= 15 is 0 Å². The number of nitrogens with one attached hydrogen (secondary N) is 2. The summed E-state index contributed by atoms with van der Waals surface area (Å²) in [5, 5.41) is 17.7. The van der Waals surface area contributed by atoms with E-state index in [1.165, 1.54) is 4.80 Å². The van der Waals surface area contributed by atoms with Crippen LogP contribution in [0, 0.1) is 0 Å². The molecular formula is C9H16N6OS. The van der Waals surface area contributed by atoms with E-state index in [9.17, 15) is 4.79 Å². The molecule has 2 N–H and O–H groups in total. The number of hydrogen-bond donors (Lipinski definition) is 2. The van der Waals surface area contributed by atoms with Gasteiger partial charge in [-0.3, -0.25) is 10.1 Å². The topological polar surface area (TPSA) is 84.7 Å². The van der Waals surface area contributed by atoms with Crippen molar-refractivity contribution in [3.05, 3.63) is 0 Å². The molecule has 94 valence electrons. The molecule has 0 aromatic carbocycles. The van der Waals surface area contributed by atoms with Gasteiger partial charge >= 0.3 is 0 Å². The summed E-state index contributed by atoms with van der Waals surface area (Å²) >= 11 is 1.70. The van der Waals surface area contributed by atoms with Gasteiger partial charge in [0.25, 0.3) is 5.95 Å². The van der Waals surface area contributed by atoms with Gasteiger partial charge in [0, 0.05) is 5.25 Å². The fraction of sp³-hybridized carbons (Fsp3) is 0.778. The molecule has 7 nitrogen and oxygen atoms in total. The van der Waals surface area contributed by atoms with Crippen LogP contribution in [0.25, 0.3) is 0 Å². The number of tetrazole rings is 1. The molecule has 2 rings (SSSR count). The van der Waals surface area contributed by atoms with Crippen molar-refractivity contribution < 1.29 is 4.79 Å². The summed E-state index contributed by atoms with van der Waals surface area (Å²) in [5.74, 6) is 0.646. The van der Waals surface area contributed by atoms with Crippen LogP contribution in [0.3, 0.4) is 0 Å². The van der Waals surface area contributed by atoms with Gasteiger partial charge in [-0.1, -0.05) is 5.10 Å². The largest absolute Gasteiger partial charge is 0.317 e. The Bertz CT molecular complexity index is 375. The van der Waals surface area contributed by atoms with Crippen molar-refractivity contribution in [3.8, 4) is 0 Å². The van der Waals surface area contributed by atoms with E-state index in [0.717, 1.165) is 25.9 Å². The predicted molar refractivity (Wildman–Crippen MR) is 65.8 cm³/mol. The Balaban J connectivity index is 1.70. The van der Waals surface area contributed by atoms with E-state index in [2.05, 4.69) is 26.0 Å². The highest BCUT2D eigenvalue weighted by Crippen LogP contribution is 2.19. The van der Waals surface area contributed by atoms with Crippen LogP contribution in [0.1, 0.15) is 12.8 Å². The van der Waals surface area contributed by atoms with Gasteiger partial charge in [0.2, 0.25) is 5.91 Å². The van der Waals surface area contributed by atoms with E-state index in [4.69, 9.17) is 0 Å². The summed E-state index contributed by atoms with van der Waals surface area (Å²) in [6.07, 6.45) is 2.25. The quantitative estimate of drug-likeness (QED) is 0.765. The molecule has 1 aliphatic rings. The van der Waals surface area contributed by atoms with Crippen LogP contribution in [0.5, 0.6) is 0 Å². The lowest BCUT2D eigenvalue weighted by atomic mass is 10.2. The zero-order chi connectivity index (χ0) is 12.1. The highest BCUT2D eigenvalue weighted by Gasteiger charge is 2.15. The number of aromatic nitrogens is 4. The van der Waals surface area contributed by atoms with E-state index in [-0.39, 0.29) is 11.9 Å². The predicted octanol–water partition coefficient (Wildman–Crippen LogP) is -0.366. The molecule has 0 aliphatic carbocycles. The number of piperidine rings is 1. The van der Waals surface area contributed by atoms with Crippen molar-refractivity contribution in [3.63, 3.8) is 0 Å². The summed E-state index contributed by atoms with van der Waals surface area (Å²) < 4.78 is 0. The molecule has 1 saturated heterocycles. The number of hydrogen-bond acceptors (Lipinski definition) is 6. The minimum atomic E-state index is -0.0680. The van der Waals surface area contributed by atoms with Gasteiger partial charge in [0.05, 0.1) is 12.8 Å². The highest BCUT2D eigenvalue weighted by molar-refractivity contribution is 8.00. The molecule has 17 heavy (non-hydrogen) atoms. The molecule has 0 atom stereocenters.